The normalized spacial score (nSPS) is 24.7. The van der Waals surface area contributed by atoms with Crippen LogP contribution in [0.5, 0.6) is 0 Å². The predicted octanol–water partition coefficient (Wildman–Crippen LogP) is -0.136. The molecule has 11 nitrogen and oxygen atoms in total. The van der Waals surface area contributed by atoms with E-state index in [-0.39, 0.29) is 11.6 Å². The fraction of sp³-hybridized carbons (Fsp3) is 0.500. The van der Waals surface area contributed by atoms with E-state index < -0.39 is 54.5 Å². The van der Waals surface area contributed by atoms with Gasteiger partial charge in [-0.15, -0.1) is 0 Å². The van der Waals surface area contributed by atoms with Crippen molar-refractivity contribution in [2.75, 3.05) is 6.61 Å². The lowest BCUT2D eigenvalue weighted by atomic mass is 9.97. The molecule has 1 fully saturated rings. The van der Waals surface area contributed by atoms with Crippen molar-refractivity contribution < 1.29 is 47.4 Å². The molecule has 1 aromatic rings. The molecule has 5 atom stereocenters. The molecule has 32 heavy (non-hydrogen) atoms. The van der Waals surface area contributed by atoms with Crippen molar-refractivity contribution in [3.8, 4) is 0 Å². The van der Waals surface area contributed by atoms with Gasteiger partial charge in [-0.3, -0.25) is 19.2 Å². The number of ether oxygens (including phenoxy) is 5. The van der Waals surface area contributed by atoms with E-state index in [1.807, 2.05) is 0 Å². The molecule has 0 radical (unpaired) electrons. The lowest BCUT2D eigenvalue weighted by Crippen LogP contribution is -2.65. The van der Waals surface area contributed by atoms with Gasteiger partial charge >= 0.3 is 30.1 Å². The summed E-state index contributed by atoms with van der Waals surface area (Å²) in [7, 11) is 0. The highest BCUT2D eigenvalue weighted by Gasteiger charge is 2.56. The SMILES string of the molecule is CC(=O)OC[C@@H]1O[C@@H]([n+]2cccc(C(N)=S)c2)[C@@H](OC(C)=O)[C@@H](OC(C)=O)[C@@H]1OC(C)=O. The van der Waals surface area contributed by atoms with Crippen molar-refractivity contribution in [3.63, 3.8) is 0 Å². The van der Waals surface area contributed by atoms with Gasteiger partial charge in [-0.2, -0.15) is 4.57 Å². The van der Waals surface area contributed by atoms with Crippen molar-refractivity contribution in [1.29, 1.82) is 0 Å². The third kappa shape index (κ3) is 6.69. The number of thiocarbonyl (C=S) groups is 1. The van der Waals surface area contributed by atoms with Gasteiger partial charge in [0.05, 0.1) is 5.56 Å². The van der Waals surface area contributed by atoms with E-state index in [1.54, 1.807) is 24.5 Å². The molecule has 0 bridgehead atoms. The molecule has 12 heteroatoms. The van der Waals surface area contributed by atoms with Gasteiger partial charge in [0.1, 0.15) is 17.7 Å². The summed E-state index contributed by atoms with van der Waals surface area (Å²) >= 11 is 5.02. The molecule has 0 saturated carbocycles. The van der Waals surface area contributed by atoms with E-state index in [4.69, 9.17) is 41.6 Å². The highest BCUT2D eigenvalue weighted by atomic mass is 32.1. The summed E-state index contributed by atoms with van der Waals surface area (Å²) in [5.41, 5.74) is 6.21. The average molecular weight is 469 g/mol. The minimum Gasteiger partial charge on any atom is -0.463 e. The molecule has 0 amide bonds. The first-order valence-corrected chi connectivity index (χ1v) is 10.0. The second kappa shape index (κ2) is 11.0. The molecule has 0 aliphatic carbocycles. The highest BCUT2D eigenvalue weighted by Crippen LogP contribution is 2.32. The Morgan fingerprint density at radius 3 is 2.06 bits per heavy atom. The first-order valence-electron chi connectivity index (χ1n) is 9.60. The van der Waals surface area contributed by atoms with Crippen LogP contribution in [0.15, 0.2) is 24.5 Å². The van der Waals surface area contributed by atoms with Crippen LogP contribution in [0.4, 0.5) is 0 Å². The fourth-order valence-electron chi connectivity index (χ4n) is 3.24. The molecule has 0 aromatic carbocycles. The number of hydrogen-bond acceptors (Lipinski definition) is 10. The lowest BCUT2D eigenvalue weighted by molar-refractivity contribution is -0.777. The van der Waals surface area contributed by atoms with E-state index >= 15 is 0 Å². The van der Waals surface area contributed by atoms with Gasteiger partial charge in [-0.1, -0.05) is 12.2 Å². The molecule has 1 saturated heterocycles. The third-order valence-corrected chi connectivity index (χ3v) is 4.60. The van der Waals surface area contributed by atoms with Crippen LogP contribution < -0.4 is 10.3 Å². The summed E-state index contributed by atoms with van der Waals surface area (Å²) in [6.45, 7) is 4.36. The first-order chi connectivity index (χ1) is 15.0. The fourth-order valence-corrected chi connectivity index (χ4v) is 3.36. The van der Waals surface area contributed by atoms with Crippen LogP contribution in [0.3, 0.4) is 0 Å². The molecule has 2 heterocycles. The van der Waals surface area contributed by atoms with Gasteiger partial charge in [0.25, 0.3) is 0 Å². The van der Waals surface area contributed by atoms with Crippen molar-refractivity contribution in [1.82, 2.24) is 0 Å². The van der Waals surface area contributed by atoms with Crippen molar-refractivity contribution in [2.24, 2.45) is 5.73 Å². The molecule has 0 spiro atoms. The Morgan fingerprint density at radius 2 is 1.53 bits per heavy atom. The average Bonchev–Trinajstić information content (AvgIpc) is 2.68. The topological polar surface area (TPSA) is 144 Å². The van der Waals surface area contributed by atoms with Crippen molar-refractivity contribution >= 4 is 41.1 Å². The van der Waals surface area contributed by atoms with Gasteiger partial charge in [-0.25, -0.2) is 0 Å². The number of nitrogens with two attached hydrogens (primary N) is 1. The van der Waals surface area contributed by atoms with E-state index in [0.717, 1.165) is 13.8 Å². The molecule has 1 aliphatic heterocycles. The maximum Gasteiger partial charge on any atom is 0.304 e. The van der Waals surface area contributed by atoms with Crippen LogP contribution >= 0.6 is 12.2 Å². The van der Waals surface area contributed by atoms with E-state index in [2.05, 4.69) is 0 Å². The lowest BCUT2D eigenvalue weighted by Gasteiger charge is -2.41. The zero-order valence-electron chi connectivity index (χ0n) is 18.0. The number of carbonyl (C=O) groups is 4. The number of esters is 4. The highest BCUT2D eigenvalue weighted by molar-refractivity contribution is 7.80. The number of carbonyl (C=O) groups excluding carboxylic acids is 4. The second-order valence-corrected chi connectivity index (χ2v) is 7.43. The number of rotatable bonds is 7. The Labute approximate surface area is 189 Å². The van der Waals surface area contributed by atoms with Crippen LogP contribution in [0.25, 0.3) is 0 Å². The summed E-state index contributed by atoms with van der Waals surface area (Å²) < 4.78 is 28.8. The van der Waals surface area contributed by atoms with Gasteiger partial charge in [0.2, 0.25) is 6.10 Å². The molecule has 1 aromatic heterocycles. The van der Waals surface area contributed by atoms with Gasteiger partial charge in [-0.05, 0) is 6.07 Å². The minimum absolute atomic E-state index is 0.116. The maximum atomic E-state index is 11.9. The Balaban J connectivity index is 2.58. The molecule has 2 N–H and O–H groups in total. The Bertz CT molecular complexity index is 907. The summed E-state index contributed by atoms with van der Waals surface area (Å²) in [4.78, 5) is 47.0. The third-order valence-electron chi connectivity index (χ3n) is 4.37. The van der Waals surface area contributed by atoms with Crippen molar-refractivity contribution in [2.45, 2.75) is 58.3 Å². The van der Waals surface area contributed by atoms with Gasteiger partial charge in [0, 0.05) is 33.8 Å². The van der Waals surface area contributed by atoms with Crippen LogP contribution in [0, 0.1) is 0 Å². The van der Waals surface area contributed by atoms with E-state index in [0.29, 0.717) is 5.56 Å². The largest absolute Gasteiger partial charge is 0.463 e. The zero-order chi connectivity index (χ0) is 24.0. The van der Waals surface area contributed by atoms with Crippen LogP contribution in [0.2, 0.25) is 0 Å². The zero-order valence-corrected chi connectivity index (χ0v) is 18.8. The Kier molecular flexibility index (Phi) is 8.61. The van der Waals surface area contributed by atoms with E-state index in [9.17, 15) is 19.2 Å². The molecule has 0 unspecified atom stereocenters. The molecule has 174 valence electrons. The van der Waals surface area contributed by atoms with Crippen LogP contribution in [0.1, 0.15) is 39.5 Å². The first kappa shape index (κ1) is 25.1. The van der Waals surface area contributed by atoms with Gasteiger partial charge in [0.15, 0.2) is 24.6 Å². The van der Waals surface area contributed by atoms with Crippen molar-refractivity contribution in [3.05, 3.63) is 30.1 Å². The standard InChI is InChI=1S/C20H24N2O9S/c1-10(23)27-9-15-16(28-11(2)24)17(29-12(3)25)18(30-13(4)26)20(31-15)22-7-5-6-14(8-22)19(21)32/h5-8,15-18,20H,9H2,1-4H3,(H-,21,32)/p+1/t15-,16+,17-,18-,20+/m0/s1. The van der Waals surface area contributed by atoms with Crippen LogP contribution in [-0.4, -0.2) is 59.9 Å². The quantitative estimate of drug-likeness (QED) is 0.247. The van der Waals surface area contributed by atoms with Crippen LogP contribution in [-0.2, 0) is 42.9 Å². The number of nitrogens with zero attached hydrogens (tertiary/aromatic N) is 1. The second-order valence-electron chi connectivity index (χ2n) is 6.99. The summed E-state index contributed by atoms with van der Waals surface area (Å²) in [5.74, 6) is -2.70. The molecule has 2 rings (SSSR count). The Morgan fingerprint density at radius 1 is 0.969 bits per heavy atom. The monoisotopic (exact) mass is 469 g/mol. The smallest absolute Gasteiger partial charge is 0.304 e. The van der Waals surface area contributed by atoms with E-state index in [1.165, 1.54) is 18.4 Å². The minimum atomic E-state index is -1.26. The number of aromatic nitrogens is 1. The maximum absolute atomic E-state index is 11.9. The number of pyridine rings is 1. The number of hydrogen-bond donors (Lipinski definition) is 1. The molecular weight excluding hydrogens is 444 g/mol. The summed E-state index contributed by atoms with van der Waals surface area (Å²) in [5, 5.41) is 0. The summed E-state index contributed by atoms with van der Waals surface area (Å²) in [6, 6.07) is 3.31. The molecular formula is C20H25N2O9S+. The Hall–Kier alpha value is -3.12. The van der Waals surface area contributed by atoms with Gasteiger partial charge < -0.3 is 29.4 Å². The molecule has 1 aliphatic rings. The summed E-state index contributed by atoms with van der Waals surface area (Å²) in [6.07, 6.45) is -2.67. The predicted molar refractivity (Wildman–Crippen MR) is 110 cm³/mol.